The lowest BCUT2D eigenvalue weighted by Crippen LogP contribution is -2.32. The van der Waals surface area contributed by atoms with Crippen LogP contribution in [0.5, 0.6) is 0 Å². The Hall–Kier alpha value is -2.66. The molecule has 132 valence electrons. The van der Waals surface area contributed by atoms with Crippen molar-refractivity contribution in [3.05, 3.63) is 59.7 Å². The molecular formula is C20H25N3O2. The van der Waals surface area contributed by atoms with Gasteiger partial charge in [0.15, 0.2) is 0 Å². The standard InChI is InChI=1S/C20H25N3O2/c1-4-23(13-17-7-5-6-15(2)12-17)14-20(25)22-19-10-8-18(9-11-19)21-16(3)24/h5-12H,4,13-14H2,1-3H3,(H,21,24)(H,22,25). The molecule has 2 amide bonds. The van der Waals surface area contributed by atoms with E-state index in [1.165, 1.54) is 18.1 Å². The molecular weight excluding hydrogens is 314 g/mol. The Bertz CT molecular complexity index is 726. The maximum absolute atomic E-state index is 12.3. The highest BCUT2D eigenvalue weighted by Crippen LogP contribution is 2.14. The normalized spacial score (nSPS) is 10.6. The highest BCUT2D eigenvalue weighted by Gasteiger charge is 2.10. The number of carbonyl (C=O) groups is 2. The maximum atomic E-state index is 12.3. The first kappa shape index (κ1) is 18.7. The second-order valence-electron chi connectivity index (χ2n) is 6.10. The summed E-state index contributed by atoms with van der Waals surface area (Å²) < 4.78 is 0. The van der Waals surface area contributed by atoms with Crippen LogP contribution in [0.1, 0.15) is 25.0 Å². The zero-order valence-electron chi connectivity index (χ0n) is 15.0. The smallest absolute Gasteiger partial charge is 0.238 e. The van der Waals surface area contributed by atoms with E-state index in [9.17, 15) is 9.59 Å². The second-order valence-corrected chi connectivity index (χ2v) is 6.10. The lowest BCUT2D eigenvalue weighted by molar-refractivity contribution is -0.117. The van der Waals surface area contributed by atoms with Gasteiger partial charge in [-0.1, -0.05) is 36.8 Å². The molecule has 0 saturated carbocycles. The van der Waals surface area contributed by atoms with Gasteiger partial charge in [-0.25, -0.2) is 0 Å². The third kappa shape index (κ3) is 6.39. The van der Waals surface area contributed by atoms with E-state index < -0.39 is 0 Å². The van der Waals surface area contributed by atoms with Gasteiger partial charge in [-0.05, 0) is 43.3 Å². The molecule has 2 aromatic carbocycles. The van der Waals surface area contributed by atoms with Crippen LogP contribution in [-0.4, -0.2) is 29.8 Å². The Morgan fingerprint density at radius 1 is 1.00 bits per heavy atom. The van der Waals surface area contributed by atoms with Gasteiger partial charge >= 0.3 is 0 Å². The van der Waals surface area contributed by atoms with Gasteiger partial charge in [0, 0.05) is 24.8 Å². The van der Waals surface area contributed by atoms with Crippen molar-refractivity contribution in [2.45, 2.75) is 27.3 Å². The highest BCUT2D eigenvalue weighted by molar-refractivity contribution is 5.93. The molecule has 5 heteroatoms. The van der Waals surface area contributed by atoms with Crippen molar-refractivity contribution < 1.29 is 9.59 Å². The number of carbonyl (C=O) groups excluding carboxylic acids is 2. The van der Waals surface area contributed by atoms with Crippen molar-refractivity contribution in [1.29, 1.82) is 0 Å². The minimum atomic E-state index is -0.119. The number of hydrogen-bond acceptors (Lipinski definition) is 3. The molecule has 5 nitrogen and oxygen atoms in total. The zero-order chi connectivity index (χ0) is 18.2. The summed E-state index contributed by atoms with van der Waals surface area (Å²) in [4.78, 5) is 25.4. The predicted molar refractivity (Wildman–Crippen MR) is 102 cm³/mol. The summed E-state index contributed by atoms with van der Waals surface area (Å²) in [7, 11) is 0. The summed E-state index contributed by atoms with van der Waals surface area (Å²) in [6, 6.07) is 15.4. The van der Waals surface area contributed by atoms with Crippen molar-refractivity contribution >= 4 is 23.2 Å². The summed E-state index contributed by atoms with van der Waals surface area (Å²) in [6.45, 7) is 7.44. The average Bonchev–Trinajstić information content (AvgIpc) is 2.55. The number of hydrogen-bond donors (Lipinski definition) is 2. The van der Waals surface area contributed by atoms with E-state index in [2.05, 4.69) is 40.7 Å². The van der Waals surface area contributed by atoms with E-state index in [4.69, 9.17) is 0 Å². The minimum absolute atomic E-state index is 0.0539. The molecule has 0 heterocycles. The Labute approximate surface area is 149 Å². The number of amides is 2. The number of nitrogens with zero attached hydrogens (tertiary/aromatic N) is 1. The molecule has 0 aliphatic rings. The summed E-state index contributed by atoms with van der Waals surface area (Å²) >= 11 is 0. The molecule has 0 aliphatic carbocycles. The number of nitrogens with one attached hydrogen (secondary N) is 2. The quantitative estimate of drug-likeness (QED) is 0.812. The van der Waals surface area contributed by atoms with Crippen LogP contribution in [-0.2, 0) is 16.1 Å². The van der Waals surface area contributed by atoms with Crippen molar-refractivity contribution in [1.82, 2.24) is 4.90 Å². The van der Waals surface area contributed by atoms with E-state index in [0.717, 1.165) is 13.1 Å². The number of aryl methyl sites for hydroxylation is 1. The average molecular weight is 339 g/mol. The van der Waals surface area contributed by atoms with Gasteiger partial charge in [-0.2, -0.15) is 0 Å². The summed E-state index contributed by atoms with van der Waals surface area (Å²) in [5.74, 6) is -0.173. The van der Waals surface area contributed by atoms with Crippen molar-refractivity contribution in [2.24, 2.45) is 0 Å². The fourth-order valence-electron chi connectivity index (χ4n) is 2.59. The van der Waals surface area contributed by atoms with Crippen LogP contribution in [0.25, 0.3) is 0 Å². The topological polar surface area (TPSA) is 61.4 Å². The van der Waals surface area contributed by atoms with E-state index in [-0.39, 0.29) is 11.8 Å². The molecule has 0 aliphatic heterocycles. The third-order valence-corrected chi connectivity index (χ3v) is 3.79. The van der Waals surface area contributed by atoms with Gasteiger partial charge in [0.25, 0.3) is 0 Å². The van der Waals surface area contributed by atoms with Gasteiger partial charge in [0.1, 0.15) is 0 Å². The monoisotopic (exact) mass is 339 g/mol. The van der Waals surface area contributed by atoms with Crippen molar-refractivity contribution in [2.75, 3.05) is 23.7 Å². The molecule has 0 fully saturated rings. The molecule has 25 heavy (non-hydrogen) atoms. The number of rotatable bonds is 7. The first-order valence-corrected chi connectivity index (χ1v) is 8.41. The summed E-state index contributed by atoms with van der Waals surface area (Å²) in [6.07, 6.45) is 0. The largest absolute Gasteiger partial charge is 0.326 e. The maximum Gasteiger partial charge on any atom is 0.238 e. The Morgan fingerprint density at radius 2 is 1.64 bits per heavy atom. The first-order chi connectivity index (χ1) is 12.0. The van der Waals surface area contributed by atoms with E-state index in [1.807, 2.05) is 13.0 Å². The van der Waals surface area contributed by atoms with E-state index in [1.54, 1.807) is 24.3 Å². The third-order valence-electron chi connectivity index (χ3n) is 3.79. The highest BCUT2D eigenvalue weighted by atomic mass is 16.2. The van der Waals surface area contributed by atoms with Gasteiger partial charge in [0.2, 0.25) is 11.8 Å². The number of anilines is 2. The number of benzene rings is 2. The van der Waals surface area contributed by atoms with Crippen LogP contribution in [0.2, 0.25) is 0 Å². The van der Waals surface area contributed by atoms with Gasteiger partial charge < -0.3 is 10.6 Å². The Kier molecular flexibility index (Phi) is 6.71. The molecule has 0 unspecified atom stereocenters. The summed E-state index contributed by atoms with van der Waals surface area (Å²) in [5.41, 5.74) is 3.84. The Morgan fingerprint density at radius 3 is 2.20 bits per heavy atom. The molecule has 0 atom stereocenters. The molecule has 2 N–H and O–H groups in total. The molecule has 0 bridgehead atoms. The van der Waals surface area contributed by atoms with Crippen LogP contribution < -0.4 is 10.6 Å². The first-order valence-electron chi connectivity index (χ1n) is 8.41. The lowest BCUT2D eigenvalue weighted by Gasteiger charge is -2.20. The predicted octanol–water partition coefficient (Wildman–Crippen LogP) is 3.41. The minimum Gasteiger partial charge on any atom is -0.326 e. The fraction of sp³-hybridized carbons (Fsp3) is 0.300. The van der Waals surface area contributed by atoms with Crippen molar-refractivity contribution in [3.8, 4) is 0 Å². The molecule has 2 aromatic rings. The number of likely N-dealkylation sites (N-methyl/N-ethyl adjacent to an activating group) is 1. The Balaban J connectivity index is 1.90. The second kappa shape index (κ2) is 8.99. The molecule has 0 radical (unpaired) electrons. The summed E-state index contributed by atoms with van der Waals surface area (Å²) in [5, 5.41) is 5.59. The SMILES string of the molecule is CCN(CC(=O)Nc1ccc(NC(C)=O)cc1)Cc1cccc(C)c1. The zero-order valence-corrected chi connectivity index (χ0v) is 15.0. The van der Waals surface area contributed by atoms with Gasteiger partial charge in [-0.3, -0.25) is 14.5 Å². The van der Waals surface area contributed by atoms with Crippen molar-refractivity contribution in [3.63, 3.8) is 0 Å². The lowest BCUT2D eigenvalue weighted by atomic mass is 10.1. The van der Waals surface area contributed by atoms with Gasteiger partial charge in [-0.15, -0.1) is 0 Å². The van der Waals surface area contributed by atoms with Crippen LogP contribution >= 0.6 is 0 Å². The van der Waals surface area contributed by atoms with Crippen LogP contribution in [0.15, 0.2) is 48.5 Å². The van der Waals surface area contributed by atoms with E-state index in [0.29, 0.717) is 17.9 Å². The van der Waals surface area contributed by atoms with Crippen LogP contribution in [0.4, 0.5) is 11.4 Å². The van der Waals surface area contributed by atoms with Gasteiger partial charge in [0.05, 0.1) is 6.54 Å². The van der Waals surface area contributed by atoms with Crippen LogP contribution in [0, 0.1) is 6.92 Å². The molecule has 0 saturated heterocycles. The fourth-order valence-corrected chi connectivity index (χ4v) is 2.59. The van der Waals surface area contributed by atoms with E-state index >= 15 is 0 Å². The van der Waals surface area contributed by atoms with Crippen LogP contribution in [0.3, 0.4) is 0 Å². The molecule has 2 rings (SSSR count). The molecule has 0 aromatic heterocycles. The molecule has 0 spiro atoms.